The van der Waals surface area contributed by atoms with Gasteiger partial charge in [0.2, 0.25) is 15.9 Å². The molecule has 0 saturated heterocycles. The molecular weight excluding hydrogens is 366 g/mol. The molecule has 27 heavy (non-hydrogen) atoms. The predicted octanol–water partition coefficient (Wildman–Crippen LogP) is 2.66. The predicted molar refractivity (Wildman–Crippen MR) is 105 cm³/mol. The number of hydrogen-bond donors (Lipinski definition) is 1. The van der Waals surface area contributed by atoms with Crippen LogP contribution in [0.15, 0.2) is 48.8 Å². The van der Waals surface area contributed by atoms with Crippen molar-refractivity contribution >= 4 is 21.6 Å². The molecule has 8 heteroatoms. The summed E-state index contributed by atoms with van der Waals surface area (Å²) in [6.07, 6.45) is 4.49. The van der Waals surface area contributed by atoms with Crippen LogP contribution in [0.5, 0.6) is 5.75 Å². The molecular formula is C19H25N3O4S. The van der Waals surface area contributed by atoms with Crippen LogP contribution in [0.25, 0.3) is 0 Å². The van der Waals surface area contributed by atoms with Gasteiger partial charge >= 0.3 is 0 Å². The summed E-state index contributed by atoms with van der Waals surface area (Å²) < 4.78 is 30.8. The van der Waals surface area contributed by atoms with E-state index >= 15 is 0 Å². The minimum Gasteiger partial charge on any atom is -0.491 e. The second-order valence-corrected chi connectivity index (χ2v) is 8.42. The number of carbonyl (C=O) groups is 1. The number of hydrogen-bond acceptors (Lipinski definition) is 5. The van der Waals surface area contributed by atoms with Crippen molar-refractivity contribution in [2.45, 2.75) is 32.9 Å². The maximum Gasteiger partial charge on any atom is 0.225 e. The third-order valence-electron chi connectivity index (χ3n) is 3.68. The average Bonchev–Trinajstić information content (AvgIpc) is 2.60. The first-order valence-corrected chi connectivity index (χ1v) is 10.5. The highest BCUT2D eigenvalue weighted by Gasteiger charge is 2.18. The summed E-state index contributed by atoms with van der Waals surface area (Å²) in [5, 5.41) is 2.77. The number of amides is 1. The summed E-state index contributed by atoms with van der Waals surface area (Å²) in [5.41, 5.74) is 1.45. The summed E-state index contributed by atoms with van der Waals surface area (Å²) in [6.45, 7) is 4.18. The van der Waals surface area contributed by atoms with Crippen molar-refractivity contribution in [3.63, 3.8) is 0 Å². The normalized spacial score (nSPS) is 11.6. The zero-order valence-corrected chi connectivity index (χ0v) is 16.6. The number of carbonyl (C=O) groups excluding carboxylic acids is 1. The van der Waals surface area contributed by atoms with Gasteiger partial charge in [0, 0.05) is 37.6 Å². The van der Waals surface area contributed by atoms with Crippen LogP contribution in [0.1, 0.15) is 25.8 Å². The maximum absolute atomic E-state index is 12.2. The SMILES string of the molecule is CC(C)Oc1ccc(NC(=O)CCN(Cc2ccncc2)S(C)(=O)=O)cc1. The minimum atomic E-state index is -3.43. The van der Waals surface area contributed by atoms with E-state index < -0.39 is 10.0 Å². The first-order valence-electron chi connectivity index (χ1n) is 8.64. The van der Waals surface area contributed by atoms with Gasteiger partial charge in [0.15, 0.2) is 0 Å². The Morgan fingerprint density at radius 2 is 1.78 bits per heavy atom. The van der Waals surface area contributed by atoms with E-state index in [4.69, 9.17) is 4.74 Å². The Kier molecular flexibility index (Phi) is 7.32. The quantitative estimate of drug-likeness (QED) is 0.710. The Bertz CT molecular complexity index is 837. The van der Waals surface area contributed by atoms with Crippen LogP contribution in [-0.2, 0) is 21.4 Å². The molecule has 7 nitrogen and oxygen atoms in total. The molecule has 146 valence electrons. The van der Waals surface area contributed by atoms with Gasteiger partial charge in [-0.2, -0.15) is 4.31 Å². The molecule has 0 aliphatic rings. The van der Waals surface area contributed by atoms with Crippen molar-refractivity contribution in [2.24, 2.45) is 0 Å². The Morgan fingerprint density at radius 3 is 2.33 bits per heavy atom. The summed E-state index contributed by atoms with van der Waals surface area (Å²) in [5.74, 6) is 0.472. The third-order valence-corrected chi connectivity index (χ3v) is 4.93. The van der Waals surface area contributed by atoms with Gasteiger partial charge in [-0.1, -0.05) is 0 Å². The number of aromatic nitrogens is 1. The summed E-state index contributed by atoms with van der Waals surface area (Å²) in [6, 6.07) is 10.6. The van der Waals surface area contributed by atoms with Crippen molar-refractivity contribution in [3.8, 4) is 5.75 Å². The van der Waals surface area contributed by atoms with Gasteiger partial charge in [-0.15, -0.1) is 0 Å². The van der Waals surface area contributed by atoms with E-state index in [1.54, 1.807) is 48.8 Å². The van der Waals surface area contributed by atoms with E-state index in [0.717, 1.165) is 17.6 Å². The van der Waals surface area contributed by atoms with Crippen LogP contribution in [0.3, 0.4) is 0 Å². The Balaban J connectivity index is 1.91. The molecule has 0 fully saturated rings. The van der Waals surface area contributed by atoms with Crippen molar-refractivity contribution < 1.29 is 17.9 Å². The number of rotatable bonds is 9. The van der Waals surface area contributed by atoms with Gasteiger partial charge in [-0.05, 0) is 55.8 Å². The molecule has 0 radical (unpaired) electrons. The zero-order chi connectivity index (χ0) is 19.9. The molecule has 0 bridgehead atoms. The molecule has 2 rings (SSSR count). The molecule has 0 spiro atoms. The number of nitrogens with zero attached hydrogens (tertiary/aromatic N) is 2. The highest BCUT2D eigenvalue weighted by molar-refractivity contribution is 7.88. The van der Waals surface area contributed by atoms with Crippen molar-refractivity contribution in [2.75, 3.05) is 18.1 Å². The Morgan fingerprint density at radius 1 is 1.15 bits per heavy atom. The minimum absolute atomic E-state index is 0.0579. The maximum atomic E-state index is 12.2. The lowest BCUT2D eigenvalue weighted by molar-refractivity contribution is -0.116. The number of pyridine rings is 1. The molecule has 0 saturated carbocycles. The Hall–Kier alpha value is -2.45. The standard InChI is InChI=1S/C19H25N3O4S/c1-15(2)26-18-6-4-17(5-7-18)21-19(23)10-13-22(27(3,24)25)14-16-8-11-20-12-9-16/h4-9,11-12,15H,10,13-14H2,1-3H3,(H,21,23). The van der Waals surface area contributed by atoms with E-state index in [1.807, 2.05) is 13.8 Å². The van der Waals surface area contributed by atoms with E-state index in [9.17, 15) is 13.2 Å². The largest absolute Gasteiger partial charge is 0.491 e. The number of nitrogens with one attached hydrogen (secondary N) is 1. The van der Waals surface area contributed by atoms with Crippen LogP contribution in [0.4, 0.5) is 5.69 Å². The molecule has 0 aliphatic carbocycles. The molecule has 1 N–H and O–H groups in total. The van der Waals surface area contributed by atoms with Crippen molar-refractivity contribution in [1.82, 2.24) is 9.29 Å². The van der Waals surface area contributed by atoms with Crippen LogP contribution in [0, 0.1) is 0 Å². The summed E-state index contributed by atoms with van der Waals surface area (Å²) >= 11 is 0. The Labute approximate surface area is 160 Å². The highest BCUT2D eigenvalue weighted by Crippen LogP contribution is 2.17. The molecule has 1 aromatic carbocycles. The molecule has 1 heterocycles. The van der Waals surface area contributed by atoms with Crippen LogP contribution < -0.4 is 10.1 Å². The fourth-order valence-electron chi connectivity index (χ4n) is 2.39. The second kappa shape index (κ2) is 9.48. The van der Waals surface area contributed by atoms with Gasteiger partial charge in [0.1, 0.15) is 5.75 Å². The molecule has 0 aliphatic heterocycles. The van der Waals surface area contributed by atoms with Gasteiger partial charge in [0.05, 0.1) is 12.4 Å². The average molecular weight is 391 g/mol. The lowest BCUT2D eigenvalue weighted by atomic mass is 10.2. The highest BCUT2D eigenvalue weighted by atomic mass is 32.2. The lowest BCUT2D eigenvalue weighted by Crippen LogP contribution is -2.32. The van der Waals surface area contributed by atoms with Gasteiger partial charge in [0.25, 0.3) is 0 Å². The fraction of sp³-hybridized carbons (Fsp3) is 0.368. The lowest BCUT2D eigenvalue weighted by Gasteiger charge is -2.19. The molecule has 2 aromatic rings. The molecule has 0 unspecified atom stereocenters. The zero-order valence-electron chi connectivity index (χ0n) is 15.8. The first-order chi connectivity index (χ1) is 12.7. The van der Waals surface area contributed by atoms with Gasteiger partial charge in [-0.25, -0.2) is 8.42 Å². The van der Waals surface area contributed by atoms with Crippen LogP contribution >= 0.6 is 0 Å². The number of ether oxygens (including phenoxy) is 1. The summed E-state index contributed by atoms with van der Waals surface area (Å²) in [4.78, 5) is 16.1. The molecule has 1 amide bonds. The smallest absolute Gasteiger partial charge is 0.225 e. The van der Waals surface area contributed by atoms with Crippen LogP contribution in [-0.4, -0.2) is 42.5 Å². The molecule has 0 atom stereocenters. The topological polar surface area (TPSA) is 88.6 Å². The van der Waals surface area contributed by atoms with E-state index in [0.29, 0.717) is 5.69 Å². The van der Waals surface area contributed by atoms with Crippen molar-refractivity contribution in [3.05, 3.63) is 54.4 Å². The number of benzene rings is 1. The molecule has 1 aromatic heterocycles. The fourth-order valence-corrected chi connectivity index (χ4v) is 3.20. The first kappa shape index (κ1) is 20.9. The van der Waals surface area contributed by atoms with Gasteiger partial charge < -0.3 is 10.1 Å². The van der Waals surface area contributed by atoms with E-state index in [1.165, 1.54) is 4.31 Å². The second-order valence-electron chi connectivity index (χ2n) is 6.44. The number of anilines is 1. The third kappa shape index (κ3) is 7.36. The monoisotopic (exact) mass is 391 g/mol. The number of sulfonamides is 1. The summed E-state index contributed by atoms with van der Waals surface area (Å²) in [7, 11) is -3.43. The van der Waals surface area contributed by atoms with E-state index in [2.05, 4.69) is 10.3 Å². The van der Waals surface area contributed by atoms with Crippen molar-refractivity contribution in [1.29, 1.82) is 0 Å². The van der Waals surface area contributed by atoms with E-state index in [-0.39, 0.29) is 31.5 Å². The van der Waals surface area contributed by atoms with Gasteiger partial charge in [-0.3, -0.25) is 9.78 Å². The van der Waals surface area contributed by atoms with Crippen LogP contribution in [0.2, 0.25) is 0 Å².